The van der Waals surface area contributed by atoms with E-state index in [4.69, 9.17) is 16.3 Å². The second-order valence-corrected chi connectivity index (χ2v) is 6.29. The molecule has 128 valence electrons. The number of hydrogen-bond acceptors (Lipinski definition) is 3. The summed E-state index contributed by atoms with van der Waals surface area (Å²) in [6.07, 6.45) is 2.60. The lowest BCUT2D eigenvalue weighted by Crippen LogP contribution is -2.39. The van der Waals surface area contributed by atoms with Crippen molar-refractivity contribution in [2.45, 2.75) is 12.8 Å². The topological polar surface area (TPSA) is 15.7 Å². The van der Waals surface area contributed by atoms with E-state index < -0.39 is 0 Å². The fraction of sp³-hybridized carbons (Fsp3) is 0.625. The fourth-order valence-corrected chi connectivity index (χ4v) is 2.94. The summed E-state index contributed by atoms with van der Waals surface area (Å²) in [4.78, 5) is 4.79. The smallest absolute Gasteiger partial charge is 0.120 e. The van der Waals surface area contributed by atoms with Gasteiger partial charge < -0.3 is 9.64 Å². The number of likely N-dealkylation sites (tertiary alicyclic amines) is 1. The Kier molecular flexibility index (Phi) is 11.3. The average molecular weight is 370 g/mol. The van der Waals surface area contributed by atoms with E-state index in [2.05, 4.69) is 23.9 Å². The Morgan fingerprint density at radius 1 is 1.23 bits per heavy atom. The van der Waals surface area contributed by atoms with Crippen molar-refractivity contribution in [3.63, 3.8) is 0 Å². The summed E-state index contributed by atoms with van der Waals surface area (Å²) < 4.78 is 5.75. The second kappa shape index (κ2) is 11.4. The molecule has 0 aliphatic carbocycles. The van der Waals surface area contributed by atoms with Gasteiger partial charge in [-0.3, -0.25) is 4.90 Å². The highest BCUT2D eigenvalue weighted by atomic mass is 35.5. The minimum absolute atomic E-state index is 0. The minimum atomic E-state index is 0. The SMILES string of the molecule is CN(C)CC1CCN(CCOc2cccc(Cl)c2)CC1.Cl.Cl. The monoisotopic (exact) mass is 368 g/mol. The van der Waals surface area contributed by atoms with Gasteiger partial charge in [-0.1, -0.05) is 17.7 Å². The molecule has 1 saturated heterocycles. The first kappa shape index (κ1) is 21.8. The maximum absolute atomic E-state index is 5.94. The number of hydrogen-bond donors (Lipinski definition) is 0. The van der Waals surface area contributed by atoms with Crippen molar-refractivity contribution >= 4 is 36.4 Å². The lowest BCUT2D eigenvalue weighted by atomic mass is 9.96. The highest BCUT2D eigenvalue weighted by Gasteiger charge is 2.19. The molecule has 1 aliphatic rings. The molecule has 6 heteroatoms. The Morgan fingerprint density at radius 2 is 1.91 bits per heavy atom. The summed E-state index contributed by atoms with van der Waals surface area (Å²) in [6.45, 7) is 5.33. The van der Waals surface area contributed by atoms with Gasteiger partial charge in [0, 0.05) is 18.1 Å². The van der Waals surface area contributed by atoms with Crippen molar-refractivity contribution in [3.05, 3.63) is 29.3 Å². The van der Waals surface area contributed by atoms with E-state index in [1.165, 1.54) is 32.5 Å². The van der Waals surface area contributed by atoms with Crippen molar-refractivity contribution in [2.24, 2.45) is 5.92 Å². The van der Waals surface area contributed by atoms with Crippen LogP contribution in [0.15, 0.2) is 24.3 Å². The van der Waals surface area contributed by atoms with Gasteiger partial charge in [0.2, 0.25) is 0 Å². The van der Waals surface area contributed by atoms with E-state index in [1.54, 1.807) is 0 Å². The summed E-state index contributed by atoms with van der Waals surface area (Å²) >= 11 is 5.94. The molecule has 22 heavy (non-hydrogen) atoms. The quantitative estimate of drug-likeness (QED) is 0.758. The van der Waals surface area contributed by atoms with Crippen LogP contribution >= 0.6 is 36.4 Å². The maximum atomic E-state index is 5.94. The Balaban J connectivity index is 0.00000220. The van der Waals surface area contributed by atoms with Crippen LogP contribution in [0.2, 0.25) is 5.02 Å². The van der Waals surface area contributed by atoms with Gasteiger partial charge in [-0.2, -0.15) is 0 Å². The van der Waals surface area contributed by atoms with E-state index in [0.717, 1.165) is 29.8 Å². The first-order valence-corrected chi connectivity index (χ1v) is 7.77. The first-order chi connectivity index (χ1) is 9.63. The molecule has 1 aromatic rings. The molecular formula is C16H27Cl3N2O. The van der Waals surface area contributed by atoms with Gasteiger partial charge in [0.15, 0.2) is 0 Å². The lowest BCUT2D eigenvalue weighted by molar-refractivity contribution is 0.141. The minimum Gasteiger partial charge on any atom is -0.492 e. The third kappa shape index (κ3) is 7.89. The molecule has 0 aromatic heterocycles. The molecule has 2 rings (SSSR count). The molecule has 0 amide bonds. The zero-order chi connectivity index (χ0) is 14.4. The number of benzene rings is 1. The molecule has 0 bridgehead atoms. The van der Waals surface area contributed by atoms with Crippen molar-refractivity contribution in [1.82, 2.24) is 9.80 Å². The van der Waals surface area contributed by atoms with Crippen LogP contribution in [0.1, 0.15) is 12.8 Å². The predicted octanol–water partition coefficient (Wildman–Crippen LogP) is 3.84. The molecule has 1 fully saturated rings. The van der Waals surface area contributed by atoms with Gasteiger partial charge in [0.25, 0.3) is 0 Å². The highest BCUT2D eigenvalue weighted by Crippen LogP contribution is 2.19. The van der Waals surface area contributed by atoms with Crippen LogP contribution in [0.3, 0.4) is 0 Å². The van der Waals surface area contributed by atoms with E-state index in [-0.39, 0.29) is 24.8 Å². The molecule has 1 heterocycles. The Bertz CT molecular complexity index is 410. The lowest BCUT2D eigenvalue weighted by Gasteiger charge is -2.33. The second-order valence-electron chi connectivity index (χ2n) is 5.85. The first-order valence-electron chi connectivity index (χ1n) is 7.39. The molecule has 1 aromatic carbocycles. The van der Waals surface area contributed by atoms with Crippen LogP contribution in [-0.2, 0) is 0 Å². The van der Waals surface area contributed by atoms with E-state index in [9.17, 15) is 0 Å². The van der Waals surface area contributed by atoms with Gasteiger partial charge in [0.05, 0.1) is 0 Å². The van der Waals surface area contributed by atoms with E-state index >= 15 is 0 Å². The molecule has 0 N–H and O–H groups in total. The Morgan fingerprint density at radius 3 is 2.50 bits per heavy atom. The number of rotatable bonds is 6. The standard InChI is InChI=1S/C16H25ClN2O.2ClH/c1-18(2)13-14-6-8-19(9-7-14)10-11-20-16-5-3-4-15(17)12-16;;/h3-5,12,14H,6-11,13H2,1-2H3;2*1H. The Labute approximate surface area is 151 Å². The summed E-state index contributed by atoms with van der Waals surface area (Å²) in [7, 11) is 4.32. The summed E-state index contributed by atoms with van der Waals surface area (Å²) in [5.74, 6) is 1.72. The van der Waals surface area contributed by atoms with Gasteiger partial charge in [-0.05, 0) is 64.1 Å². The predicted molar refractivity (Wildman–Crippen MR) is 99.2 cm³/mol. The van der Waals surface area contributed by atoms with Gasteiger partial charge in [-0.15, -0.1) is 24.8 Å². The van der Waals surface area contributed by atoms with Crippen LogP contribution < -0.4 is 4.74 Å². The van der Waals surface area contributed by atoms with Crippen LogP contribution in [0.25, 0.3) is 0 Å². The zero-order valence-electron chi connectivity index (χ0n) is 13.3. The van der Waals surface area contributed by atoms with Crippen molar-refractivity contribution in [2.75, 3.05) is 46.9 Å². The molecule has 0 saturated carbocycles. The molecule has 0 spiro atoms. The molecule has 0 radical (unpaired) electrons. The van der Waals surface area contributed by atoms with Crippen LogP contribution in [-0.4, -0.2) is 56.7 Å². The maximum Gasteiger partial charge on any atom is 0.120 e. The van der Waals surface area contributed by atoms with Crippen LogP contribution in [0, 0.1) is 5.92 Å². The van der Waals surface area contributed by atoms with Gasteiger partial charge in [-0.25, -0.2) is 0 Å². The number of halogens is 3. The normalized spacial score (nSPS) is 16.0. The summed E-state index contributed by atoms with van der Waals surface area (Å²) in [5.41, 5.74) is 0. The number of piperidine rings is 1. The third-order valence-corrected chi connectivity index (χ3v) is 4.04. The summed E-state index contributed by atoms with van der Waals surface area (Å²) in [6, 6.07) is 7.61. The molecule has 0 atom stereocenters. The number of nitrogens with zero attached hydrogens (tertiary/aromatic N) is 2. The largest absolute Gasteiger partial charge is 0.492 e. The van der Waals surface area contributed by atoms with Crippen molar-refractivity contribution < 1.29 is 4.74 Å². The average Bonchev–Trinajstić information content (AvgIpc) is 2.40. The third-order valence-electron chi connectivity index (χ3n) is 3.80. The highest BCUT2D eigenvalue weighted by molar-refractivity contribution is 6.30. The van der Waals surface area contributed by atoms with Gasteiger partial charge in [0.1, 0.15) is 12.4 Å². The zero-order valence-corrected chi connectivity index (χ0v) is 15.7. The molecule has 3 nitrogen and oxygen atoms in total. The van der Waals surface area contributed by atoms with E-state index in [0.29, 0.717) is 0 Å². The number of ether oxygens (including phenoxy) is 1. The Hall–Kier alpha value is -0.190. The van der Waals surface area contributed by atoms with E-state index in [1.807, 2.05) is 24.3 Å². The van der Waals surface area contributed by atoms with Crippen molar-refractivity contribution in [3.8, 4) is 5.75 Å². The van der Waals surface area contributed by atoms with Crippen LogP contribution in [0.5, 0.6) is 5.75 Å². The fourth-order valence-electron chi connectivity index (χ4n) is 2.76. The van der Waals surface area contributed by atoms with Crippen molar-refractivity contribution in [1.29, 1.82) is 0 Å². The van der Waals surface area contributed by atoms with Gasteiger partial charge >= 0.3 is 0 Å². The molecule has 0 unspecified atom stereocenters. The molecule has 1 aliphatic heterocycles. The molecular weight excluding hydrogens is 343 g/mol. The summed E-state index contributed by atoms with van der Waals surface area (Å²) in [5, 5.41) is 0.729. The van der Waals surface area contributed by atoms with Crippen LogP contribution in [0.4, 0.5) is 0 Å².